The highest BCUT2D eigenvalue weighted by molar-refractivity contribution is 6.31. The van der Waals surface area contributed by atoms with Crippen LogP contribution in [0.3, 0.4) is 0 Å². The Hall–Kier alpha value is -3.87. The fraction of sp³-hybridized carbons (Fsp3) is 0. The maximum Gasteiger partial charge on any atom is 0.222 e. The molecule has 0 fully saturated rings. The Bertz CT molecular complexity index is 1490. The Labute approximate surface area is 200 Å². The predicted molar refractivity (Wildman–Crippen MR) is 137 cm³/mol. The summed E-state index contributed by atoms with van der Waals surface area (Å²) in [5.74, 6) is 0.714. The minimum absolute atomic E-state index is 0.157. The van der Waals surface area contributed by atoms with Gasteiger partial charge in [-0.3, -0.25) is 0 Å². The number of rotatable bonds is 4. The molecule has 0 aliphatic heterocycles. The highest BCUT2D eigenvalue weighted by atomic mass is 35.5. The normalized spacial score (nSPS) is 11.0. The van der Waals surface area contributed by atoms with Gasteiger partial charge in [0.1, 0.15) is 5.82 Å². The quantitative estimate of drug-likeness (QED) is 0.273. The maximum absolute atomic E-state index is 6.37. The van der Waals surface area contributed by atoms with E-state index in [9.17, 15) is 0 Å². The van der Waals surface area contributed by atoms with Crippen LogP contribution in [0.25, 0.3) is 33.4 Å². The van der Waals surface area contributed by atoms with Gasteiger partial charge in [-0.2, -0.15) is 4.98 Å². The third kappa shape index (κ3) is 4.53. The summed E-state index contributed by atoms with van der Waals surface area (Å²) in [5, 5.41) is 5.40. The Morgan fingerprint density at radius 2 is 1.45 bits per heavy atom. The highest BCUT2D eigenvalue weighted by Crippen LogP contribution is 2.31. The largest absolute Gasteiger partial charge is 0.398 e. The van der Waals surface area contributed by atoms with E-state index in [0.717, 1.165) is 33.4 Å². The monoisotopic (exact) mass is 472 g/mol. The molecule has 5 N–H and O–H groups in total. The summed E-state index contributed by atoms with van der Waals surface area (Å²) in [6, 6.07) is 24.3. The van der Waals surface area contributed by atoms with E-state index in [1.54, 1.807) is 6.07 Å². The van der Waals surface area contributed by atoms with Gasteiger partial charge in [0.05, 0.1) is 16.9 Å². The van der Waals surface area contributed by atoms with Crippen molar-refractivity contribution in [2.45, 2.75) is 0 Å². The van der Waals surface area contributed by atoms with Crippen LogP contribution < -0.4 is 16.8 Å². The zero-order valence-electron chi connectivity index (χ0n) is 17.3. The van der Waals surface area contributed by atoms with Crippen LogP contribution in [0, 0.1) is 0 Å². The first-order chi connectivity index (χ1) is 15.9. The molecule has 162 valence electrons. The van der Waals surface area contributed by atoms with Crippen molar-refractivity contribution in [2.24, 2.45) is 0 Å². The first-order valence-electron chi connectivity index (χ1n) is 10.1. The number of hydrogen-bond donors (Lipinski definition) is 3. The van der Waals surface area contributed by atoms with Gasteiger partial charge < -0.3 is 16.8 Å². The molecule has 0 radical (unpaired) electrons. The van der Waals surface area contributed by atoms with Gasteiger partial charge in [-0.15, -0.1) is 0 Å². The van der Waals surface area contributed by atoms with Crippen molar-refractivity contribution in [3.8, 4) is 22.5 Å². The summed E-state index contributed by atoms with van der Waals surface area (Å²) >= 11 is 12.1. The lowest BCUT2D eigenvalue weighted by Gasteiger charge is -2.11. The third-order valence-electron chi connectivity index (χ3n) is 5.12. The number of nitrogens with one attached hydrogen (secondary N) is 1. The Morgan fingerprint density at radius 1 is 0.667 bits per heavy atom. The number of pyridine rings is 1. The minimum atomic E-state index is 0.157. The summed E-state index contributed by atoms with van der Waals surface area (Å²) in [7, 11) is 0. The first kappa shape index (κ1) is 21.0. The molecule has 33 heavy (non-hydrogen) atoms. The molecule has 0 spiro atoms. The lowest BCUT2D eigenvalue weighted by atomic mass is 10.1. The van der Waals surface area contributed by atoms with Crippen LogP contribution in [0.15, 0.2) is 78.9 Å². The van der Waals surface area contributed by atoms with Gasteiger partial charge in [-0.1, -0.05) is 47.5 Å². The van der Waals surface area contributed by atoms with Gasteiger partial charge in [0.2, 0.25) is 5.95 Å². The second-order valence-electron chi connectivity index (χ2n) is 7.47. The van der Waals surface area contributed by atoms with E-state index in [-0.39, 0.29) is 5.95 Å². The molecule has 6 nitrogen and oxygen atoms in total. The number of nitrogens with zero attached hydrogens (tertiary/aromatic N) is 3. The molecule has 0 saturated carbocycles. The van der Waals surface area contributed by atoms with E-state index in [2.05, 4.69) is 15.3 Å². The van der Waals surface area contributed by atoms with Gasteiger partial charge in [0.15, 0.2) is 0 Å². The van der Waals surface area contributed by atoms with Gasteiger partial charge in [0, 0.05) is 44.0 Å². The van der Waals surface area contributed by atoms with E-state index < -0.39 is 0 Å². The predicted octanol–water partition coefficient (Wildman–Crippen LogP) is 6.57. The number of anilines is 4. The molecule has 0 atom stereocenters. The lowest BCUT2D eigenvalue weighted by molar-refractivity contribution is 1.19. The standard InChI is InChI=1S/C25H18Cl2N6/c26-16-6-4-14(5-7-16)22-12-20(28)19-11-18(8-9-21(19)31-22)30-24-13-23(32-25(29)33-24)15-2-1-3-17(27)10-15/h1-13H,(H2,28,31)(H3,29,30,32,33). The smallest absolute Gasteiger partial charge is 0.222 e. The molecule has 2 aromatic heterocycles. The van der Waals surface area contributed by atoms with Crippen LogP contribution in [-0.2, 0) is 0 Å². The molecule has 0 amide bonds. The van der Waals surface area contributed by atoms with E-state index >= 15 is 0 Å². The summed E-state index contributed by atoms with van der Waals surface area (Å²) in [5.41, 5.74) is 17.8. The van der Waals surface area contributed by atoms with E-state index in [1.165, 1.54) is 0 Å². The summed E-state index contributed by atoms with van der Waals surface area (Å²) in [6.07, 6.45) is 0. The van der Waals surface area contributed by atoms with Gasteiger partial charge in [-0.25, -0.2) is 9.97 Å². The number of benzene rings is 3. The summed E-state index contributed by atoms with van der Waals surface area (Å²) in [6.45, 7) is 0. The Morgan fingerprint density at radius 3 is 2.24 bits per heavy atom. The zero-order valence-corrected chi connectivity index (χ0v) is 18.8. The summed E-state index contributed by atoms with van der Waals surface area (Å²) in [4.78, 5) is 13.4. The SMILES string of the molecule is Nc1nc(Nc2ccc3nc(-c4ccc(Cl)cc4)cc(N)c3c2)cc(-c2cccc(Cl)c2)n1. The van der Waals surface area contributed by atoms with E-state index in [4.69, 9.17) is 39.7 Å². The number of nitrogen functional groups attached to an aromatic ring is 2. The van der Waals surface area contributed by atoms with Crippen molar-refractivity contribution in [1.29, 1.82) is 0 Å². The van der Waals surface area contributed by atoms with Gasteiger partial charge in [-0.05, 0) is 48.5 Å². The molecule has 5 aromatic rings. The lowest BCUT2D eigenvalue weighted by Crippen LogP contribution is -2.02. The molecule has 2 heterocycles. The molecule has 8 heteroatoms. The number of fused-ring (bicyclic) bond motifs is 1. The van der Waals surface area contributed by atoms with Crippen LogP contribution >= 0.6 is 23.2 Å². The van der Waals surface area contributed by atoms with Crippen LogP contribution in [0.1, 0.15) is 0 Å². The Balaban J connectivity index is 1.48. The van der Waals surface area contributed by atoms with Crippen LogP contribution in [0.4, 0.5) is 23.1 Å². The number of hydrogen-bond acceptors (Lipinski definition) is 6. The van der Waals surface area contributed by atoms with Crippen LogP contribution in [0.2, 0.25) is 10.0 Å². The van der Waals surface area contributed by atoms with Crippen LogP contribution in [-0.4, -0.2) is 15.0 Å². The van der Waals surface area contributed by atoms with E-state index in [1.807, 2.05) is 72.8 Å². The number of aromatic nitrogens is 3. The average Bonchev–Trinajstić information content (AvgIpc) is 2.79. The van der Waals surface area contributed by atoms with Crippen molar-refractivity contribution in [3.63, 3.8) is 0 Å². The molecule has 5 rings (SSSR count). The molecule has 3 aromatic carbocycles. The van der Waals surface area contributed by atoms with E-state index in [0.29, 0.717) is 27.2 Å². The second kappa shape index (κ2) is 8.58. The molecular weight excluding hydrogens is 455 g/mol. The van der Waals surface area contributed by atoms with Crippen LogP contribution in [0.5, 0.6) is 0 Å². The molecule has 0 bridgehead atoms. The summed E-state index contributed by atoms with van der Waals surface area (Å²) < 4.78 is 0. The van der Waals surface area contributed by atoms with Crippen molar-refractivity contribution < 1.29 is 0 Å². The number of nitrogens with two attached hydrogens (primary N) is 2. The average molecular weight is 473 g/mol. The second-order valence-corrected chi connectivity index (χ2v) is 8.34. The van der Waals surface area contributed by atoms with Crippen molar-refractivity contribution in [1.82, 2.24) is 15.0 Å². The van der Waals surface area contributed by atoms with Crippen molar-refractivity contribution >= 4 is 57.2 Å². The van der Waals surface area contributed by atoms with Crippen molar-refractivity contribution in [3.05, 3.63) is 88.9 Å². The van der Waals surface area contributed by atoms with Gasteiger partial charge >= 0.3 is 0 Å². The molecular formula is C25H18Cl2N6. The molecule has 0 unspecified atom stereocenters. The topological polar surface area (TPSA) is 103 Å². The molecule has 0 aliphatic carbocycles. The molecule has 0 aliphatic rings. The third-order valence-corrected chi connectivity index (χ3v) is 5.60. The fourth-order valence-corrected chi connectivity index (χ4v) is 3.89. The number of halogens is 2. The highest BCUT2D eigenvalue weighted by Gasteiger charge is 2.09. The molecule has 0 saturated heterocycles. The fourth-order valence-electron chi connectivity index (χ4n) is 3.57. The van der Waals surface area contributed by atoms with Gasteiger partial charge in [0.25, 0.3) is 0 Å². The minimum Gasteiger partial charge on any atom is -0.398 e. The maximum atomic E-state index is 6.37. The Kier molecular flexibility index (Phi) is 5.46. The van der Waals surface area contributed by atoms with Crippen molar-refractivity contribution in [2.75, 3.05) is 16.8 Å². The zero-order chi connectivity index (χ0) is 22.9. The first-order valence-corrected chi connectivity index (χ1v) is 10.8.